The van der Waals surface area contributed by atoms with Crippen LogP contribution in [0.4, 0.5) is 4.39 Å². The van der Waals surface area contributed by atoms with Gasteiger partial charge >= 0.3 is 0 Å². The molecule has 0 saturated carbocycles. The molecule has 1 unspecified atom stereocenters. The Morgan fingerprint density at radius 3 is 2.38 bits per heavy atom. The number of nitrogens with one attached hydrogen (secondary N) is 1. The highest BCUT2D eigenvalue weighted by Gasteiger charge is 2.13. The van der Waals surface area contributed by atoms with Gasteiger partial charge in [-0.25, -0.2) is 4.39 Å². The van der Waals surface area contributed by atoms with E-state index < -0.39 is 0 Å². The van der Waals surface area contributed by atoms with Crippen LogP contribution >= 0.6 is 0 Å². The molecule has 0 aliphatic rings. The van der Waals surface area contributed by atoms with Crippen molar-refractivity contribution in [3.05, 3.63) is 71.0 Å². The molecule has 21 heavy (non-hydrogen) atoms. The molecule has 2 rings (SSSR count). The van der Waals surface area contributed by atoms with E-state index in [9.17, 15) is 4.39 Å². The number of benzene rings is 2. The van der Waals surface area contributed by atoms with Crippen LogP contribution in [0.3, 0.4) is 0 Å². The van der Waals surface area contributed by atoms with Crippen LogP contribution in [0, 0.1) is 12.7 Å². The smallest absolute Gasteiger partial charge is 0.123 e. The van der Waals surface area contributed by atoms with Crippen molar-refractivity contribution in [3.63, 3.8) is 0 Å². The van der Waals surface area contributed by atoms with E-state index in [4.69, 9.17) is 0 Å². The first-order valence-corrected chi connectivity index (χ1v) is 7.59. The van der Waals surface area contributed by atoms with Crippen LogP contribution < -0.4 is 5.32 Å². The van der Waals surface area contributed by atoms with Crippen molar-refractivity contribution in [2.24, 2.45) is 0 Å². The molecule has 0 heterocycles. The molecule has 0 aliphatic carbocycles. The van der Waals surface area contributed by atoms with Gasteiger partial charge in [-0.15, -0.1) is 0 Å². The molecule has 0 aromatic heterocycles. The molecule has 112 valence electrons. The minimum atomic E-state index is -0.161. The molecule has 0 bridgehead atoms. The minimum Gasteiger partial charge on any atom is -0.314 e. The Morgan fingerprint density at radius 2 is 1.76 bits per heavy atom. The molecular formula is C19H24FN. The van der Waals surface area contributed by atoms with Gasteiger partial charge < -0.3 is 5.32 Å². The lowest BCUT2D eigenvalue weighted by atomic mass is 9.91. The molecule has 1 N–H and O–H groups in total. The average molecular weight is 285 g/mol. The van der Waals surface area contributed by atoms with Gasteiger partial charge in [0.2, 0.25) is 0 Å². The Kier molecular flexibility index (Phi) is 5.51. The molecule has 0 spiro atoms. The van der Waals surface area contributed by atoms with E-state index in [2.05, 4.69) is 50.4 Å². The first-order chi connectivity index (χ1) is 10.0. The first kappa shape index (κ1) is 15.7. The summed E-state index contributed by atoms with van der Waals surface area (Å²) in [4.78, 5) is 0. The highest BCUT2D eigenvalue weighted by molar-refractivity contribution is 5.27. The van der Waals surface area contributed by atoms with Gasteiger partial charge in [0.05, 0.1) is 0 Å². The SMILES string of the molecule is Cc1ccc(CC(CNC(C)C)c2cccc(F)c2)cc1. The second kappa shape index (κ2) is 7.37. The highest BCUT2D eigenvalue weighted by atomic mass is 19.1. The van der Waals surface area contributed by atoms with Gasteiger partial charge in [0.25, 0.3) is 0 Å². The second-order valence-electron chi connectivity index (χ2n) is 6.00. The molecular weight excluding hydrogens is 261 g/mol. The Morgan fingerprint density at radius 1 is 1.05 bits per heavy atom. The van der Waals surface area contributed by atoms with Gasteiger partial charge in [0, 0.05) is 18.5 Å². The maximum absolute atomic E-state index is 13.5. The van der Waals surface area contributed by atoms with Crippen LogP contribution in [0.1, 0.15) is 36.5 Å². The van der Waals surface area contributed by atoms with Gasteiger partial charge in [0.15, 0.2) is 0 Å². The van der Waals surface area contributed by atoms with E-state index in [1.54, 1.807) is 12.1 Å². The largest absolute Gasteiger partial charge is 0.314 e. The Balaban J connectivity index is 2.17. The number of hydrogen-bond donors (Lipinski definition) is 1. The maximum atomic E-state index is 13.5. The lowest BCUT2D eigenvalue weighted by molar-refractivity contribution is 0.524. The summed E-state index contributed by atoms with van der Waals surface area (Å²) in [6.07, 6.45) is 0.920. The number of aryl methyl sites for hydroxylation is 1. The summed E-state index contributed by atoms with van der Waals surface area (Å²) in [6.45, 7) is 7.21. The van der Waals surface area contributed by atoms with Crippen molar-refractivity contribution >= 4 is 0 Å². The standard InChI is InChI=1S/C19H24FN/c1-14(2)21-13-18(17-5-4-6-19(20)12-17)11-16-9-7-15(3)8-10-16/h4-10,12,14,18,21H,11,13H2,1-3H3. The molecule has 0 saturated heterocycles. The third-order valence-electron chi connectivity index (χ3n) is 3.70. The van der Waals surface area contributed by atoms with E-state index in [0.717, 1.165) is 18.5 Å². The zero-order chi connectivity index (χ0) is 15.2. The second-order valence-corrected chi connectivity index (χ2v) is 6.00. The summed E-state index contributed by atoms with van der Waals surface area (Å²) in [5, 5.41) is 3.47. The molecule has 1 atom stereocenters. The van der Waals surface area contributed by atoms with Crippen LogP contribution in [-0.2, 0) is 6.42 Å². The molecule has 0 fully saturated rings. The van der Waals surface area contributed by atoms with Crippen molar-refractivity contribution < 1.29 is 4.39 Å². The Bertz CT molecular complexity index is 560. The number of halogens is 1. The molecule has 2 aromatic carbocycles. The Labute approximate surface area is 127 Å². The molecule has 1 nitrogen and oxygen atoms in total. The fourth-order valence-corrected chi connectivity index (χ4v) is 2.46. The van der Waals surface area contributed by atoms with Gasteiger partial charge in [0.1, 0.15) is 5.82 Å². The molecule has 0 amide bonds. The third-order valence-corrected chi connectivity index (χ3v) is 3.70. The summed E-state index contributed by atoms with van der Waals surface area (Å²) in [5.74, 6) is 0.122. The summed E-state index contributed by atoms with van der Waals surface area (Å²) < 4.78 is 13.5. The van der Waals surface area contributed by atoms with Gasteiger partial charge in [-0.1, -0.05) is 55.8 Å². The fourth-order valence-electron chi connectivity index (χ4n) is 2.46. The van der Waals surface area contributed by atoms with Crippen molar-refractivity contribution in [2.45, 2.75) is 39.2 Å². The van der Waals surface area contributed by atoms with Crippen LogP contribution in [0.25, 0.3) is 0 Å². The third kappa shape index (κ3) is 4.98. The molecule has 2 aromatic rings. The van der Waals surface area contributed by atoms with Crippen molar-refractivity contribution in [2.75, 3.05) is 6.54 Å². The van der Waals surface area contributed by atoms with E-state index in [-0.39, 0.29) is 11.7 Å². The summed E-state index contributed by atoms with van der Waals surface area (Å²) in [5.41, 5.74) is 3.62. The molecule has 0 aliphatic heterocycles. The van der Waals surface area contributed by atoms with E-state index in [0.29, 0.717) is 6.04 Å². The van der Waals surface area contributed by atoms with E-state index in [1.807, 2.05) is 6.07 Å². The minimum absolute atomic E-state index is 0.161. The lowest BCUT2D eigenvalue weighted by Crippen LogP contribution is -2.29. The van der Waals surface area contributed by atoms with Gasteiger partial charge in [-0.3, -0.25) is 0 Å². The van der Waals surface area contributed by atoms with Crippen molar-refractivity contribution in [3.8, 4) is 0 Å². The van der Waals surface area contributed by atoms with E-state index >= 15 is 0 Å². The van der Waals surface area contributed by atoms with Gasteiger partial charge in [-0.05, 0) is 36.6 Å². The quantitative estimate of drug-likeness (QED) is 0.826. The van der Waals surface area contributed by atoms with Crippen molar-refractivity contribution in [1.29, 1.82) is 0 Å². The number of hydrogen-bond acceptors (Lipinski definition) is 1. The summed E-state index contributed by atoms with van der Waals surface area (Å²) in [6, 6.07) is 16.0. The first-order valence-electron chi connectivity index (χ1n) is 7.59. The van der Waals surface area contributed by atoms with Crippen LogP contribution in [0.5, 0.6) is 0 Å². The van der Waals surface area contributed by atoms with Crippen LogP contribution in [0.2, 0.25) is 0 Å². The highest BCUT2D eigenvalue weighted by Crippen LogP contribution is 2.21. The zero-order valence-corrected chi connectivity index (χ0v) is 13.1. The summed E-state index contributed by atoms with van der Waals surface area (Å²) in [7, 11) is 0. The zero-order valence-electron chi connectivity index (χ0n) is 13.1. The normalized spacial score (nSPS) is 12.6. The predicted molar refractivity (Wildman–Crippen MR) is 87.2 cm³/mol. The predicted octanol–water partition coefficient (Wildman–Crippen LogP) is 4.46. The average Bonchev–Trinajstić information content (AvgIpc) is 2.45. The lowest BCUT2D eigenvalue weighted by Gasteiger charge is -2.20. The molecule has 2 heteroatoms. The monoisotopic (exact) mass is 285 g/mol. The van der Waals surface area contributed by atoms with E-state index in [1.165, 1.54) is 17.2 Å². The van der Waals surface area contributed by atoms with Crippen LogP contribution in [-0.4, -0.2) is 12.6 Å². The fraction of sp³-hybridized carbons (Fsp3) is 0.368. The number of rotatable bonds is 6. The Hall–Kier alpha value is -1.67. The molecule has 0 radical (unpaired) electrons. The van der Waals surface area contributed by atoms with Gasteiger partial charge in [-0.2, -0.15) is 0 Å². The topological polar surface area (TPSA) is 12.0 Å². The van der Waals surface area contributed by atoms with Crippen LogP contribution in [0.15, 0.2) is 48.5 Å². The van der Waals surface area contributed by atoms with Crippen molar-refractivity contribution in [1.82, 2.24) is 5.32 Å². The summed E-state index contributed by atoms with van der Waals surface area (Å²) >= 11 is 0. The maximum Gasteiger partial charge on any atom is 0.123 e.